The minimum absolute atomic E-state index is 0.0451. The van der Waals surface area contributed by atoms with Crippen LogP contribution in [0.1, 0.15) is 24.2 Å². The zero-order valence-electron chi connectivity index (χ0n) is 18.8. The van der Waals surface area contributed by atoms with E-state index < -0.39 is 0 Å². The number of aromatic nitrogens is 2. The molecule has 1 aliphatic rings. The molecule has 0 saturated carbocycles. The molecule has 35 heavy (non-hydrogen) atoms. The van der Waals surface area contributed by atoms with Gasteiger partial charge in [0.1, 0.15) is 11.9 Å². The molecule has 0 spiro atoms. The van der Waals surface area contributed by atoms with Gasteiger partial charge in [-0.25, -0.2) is 4.39 Å². The molecule has 3 aromatic heterocycles. The van der Waals surface area contributed by atoms with Crippen LogP contribution in [-0.2, 0) is 11.3 Å². The average molecular weight is 471 g/mol. The summed E-state index contributed by atoms with van der Waals surface area (Å²) in [5.74, 6) is 0.435. The van der Waals surface area contributed by atoms with Crippen molar-refractivity contribution in [3.05, 3.63) is 84.3 Å². The van der Waals surface area contributed by atoms with Crippen LogP contribution in [-0.4, -0.2) is 29.0 Å². The molecule has 0 bridgehead atoms. The number of nitriles is 1. The fourth-order valence-electron chi connectivity index (χ4n) is 4.23. The molecule has 1 aliphatic heterocycles. The number of carbonyl (C=O) groups excluding carboxylic acids is 1. The van der Waals surface area contributed by atoms with Crippen molar-refractivity contribution in [2.45, 2.75) is 19.4 Å². The van der Waals surface area contributed by atoms with Crippen molar-refractivity contribution < 1.29 is 18.0 Å². The van der Waals surface area contributed by atoms with Crippen molar-refractivity contribution in [1.82, 2.24) is 9.97 Å². The normalized spacial score (nSPS) is 14.0. The monoisotopic (exact) mass is 471 g/mol. The highest BCUT2D eigenvalue weighted by Crippen LogP contribution is 2.32. The Morgan fingerprint density at radius 2 is 1.94 bits per heavy atom. The van der Waals surface area contributed by atoms with Gasteiger partial charge >= 0.3 is 0 Å². The number of halogens is 1. The molecule has 9 heteroatoms. The van der Waals surface area contributed by atoms with Gasteiger partial charge in [-0.15, -0.1) is 0 Å². The van der Waals surface area contributed by atoms with E-state index >= 15 is 0 Å². The summed E-state index contributed by atoms with van der Waals surface area (Å²) < 4.78 is 24.7. The van der Waals surface area contributed by atoms with Crippen LogP contribution >= 0.6 is 0 Å². The molecule has 0 atom stereocenters. The maximum Gasteiger partial charge on any atom is 0.266 e. The Morgan fingerprint density at radius 1 is 1.14 bits per heavy atom. The van der Waals surface area contributed by atoms with Crippen molar-refractivity contribution in [3.63, 3.8) is 0 Å². The van der Waals surface area contributed by atoms with Crippen molar-refractivity contribution in [3.8, 4) is 17.7 Å². The molecule has 1 aromatic carbocycles. The number of amides is 1. The number of hydrogen-bond acceptors (Lipinski definition) is 7. The van der Waals surface area contributed by atoms with Crippen molar-refractivity contribution >= 4 is 17.5 Å². The quantitative estimate of drug-likeness (QED) is 0.399. The molecular formula is C26H22FN5O3. The number of piperidine rings is 1. The Labute approximate surface area is 201 Å². The van der Waals surface area contributed by atoms with Crippen molar-refractivity contribution in [1.29, 1.82) is 5.26 Å². The highest BCUT2D eigenvalue weighted by Gasteiger charge is 2.32. The lowest BCUT2D eigenvalue weighted by atomic mass is 9.94. The van der Waals surface area contributed by atoms with Gasteiger partial charge in [0, 0.05) is 30.9 Å². The molecule has 4 aromatic rings. The van der Waals surface area contributed by atoms with E-state index in [1.807, 2.05) is 23.1 Å². The van der Waals surface area contributed by atoms with Crippen LogP contribution < -0.4 is 9.80 Å². The molecule has 8 nitrogen and oxygen atoms in total. The zero-order chi connectivity index (χ0) is 24.2. The van der Waals surface area contributed by atoms with Crippen molar-refractivity contribution in [2.24, 2.45) is 5.92 Å². The topological polar surface area (TPSA) is 99.4 Å². The average Bonchev–Trinajstić information content (AvgIpc) is 3.58. The summed E-state index contributed by atoms with van der Waals surface area (Å²) in [7, 11) is 0. The highest BCUT2D eigenvalue weighted by atomic mass is 19.1. The summed E-state index contributed by atoms with van der Waals surface area (Å²) in [6.45, 7) is 1.34. The Kier molecular flexibility index (Phi) is 6.26. The molecule has 0 aliphatic carbocycles. The second-order valence-corrected chi connectivity index (χ2v) is 8.25. The van der Waals surface area contributed by atoms with Gasteiger partial charge in [0.25, 0.3) is 5.89 Å². The van der Waals surface area contributed by atoms with Gasteiger partial charge in [-0.1, -0.05) is 6.07 Å². The number of rotatable bonds is 6. The van der Waals surface area contributed by atoms with Gasteiger partial charge in [0.2, 0.25) is 17.5 Å². The van der Waals surface area contributed by atoms with E-state index in [0.717, 1.165) is 5.69 Å². The maximum absolute atomic E-state index is 13.6. The predicted octanol–water partition coefficient (Wildman–Crippen LogP) is 4.79. The number of furan rings is 1. The number of hydrogen-bond donors (Lipinski definition) is 0. The van der Waals surface area contributed by atoms with Gasteiger partial charge in [-0.05, 0) is 61.4 Å². The lowest BCUT2D eigenvalue weighted by Gasteiger charge is -2.34. The Hall–Kier alpha value is -4.45. The largest absolute Gasteiger partial charge is 0.459 e. The second-order valence-electron chi connectivity index (χ2n) is 8.25. The minimum atomic E-state index is -0.360. The molecule has 0 radical (unpaired) electrons. The highest BCUT2D eigenvalue weighted by molar-refractivity contribution is 5.95. The first-order valence-corrected chi connectivity index (χ1v) is 11.3. The fraction of sp³-hybridized carbons (Fsp3) is 0.231. The summed E-state index contributed by atoms with van der Waals surface area (Å²) in [4.78, 5) is 25.8. The number of oxazole rings is 1. The van der Waals surface area contributed by atoms with Crippen LogP contribution in [0.4, 0.5) is 16.0 Å². The zero-order valence-corrected chi connectivity index (χ0v) is 18.8. The third-order valence-corrected chi connectivity index (χ3v) is 6.03. The number of benzene rings is 1. The van der Waals surface area contributed by atoms with E-state index in [0.29, 0.717) is 49.8 Å². The summed E-state index contributed by atoms with van der Waals surface area (Å²) in [6, 6.07) is 17.0. The van der Waals surface area contributed by atoms with Crippen LogP contribution in [0.25, 0.3) is 11.7 Å². The number of nitrogens with zero attached hydrogens (tertiary/aromatic N) is 5. The molecular weight excluding hydrogens is 449 g/mol. The molecule has 1 amide bonds. The SMILES string of the molecule is N#Cc1nc(-c2ccco2)oc1N1CCC(C(=O)N(Cc2ccccn2)c2ccc(F)cc2)CC1. The van der Waals surface area contributed by atoms with Crippen molar-refractivity contribution in [2.75, 3.05) is 22.9 Å². The van der Waals surface area contributed by atoms with E-state index in [9.17, 15) is 14.4 Å². The third kappa shape index (κ3) is 4.77. The molecule has 1 saturated heterocycles. The number of carbonyl (C=O) groups is 1. The molecule has 0 N–H and O–H groups in total. The second kappa shape index (κ2) is 9.81. The smallest absolute Gasteiger partial charge is 0.266 e. The molecule has 4 heterocycles. The fourth-order valence-corrected chi connectivity index (χ4v) is 4.23. The third-order valence-electron chi connectivity index (χ3n) is 6.03. The first kappa shape index (κ1) is 22.3. The Morgan fingerprint density at radius 3 is 2.60 bits per heavy atom. The number of pyridine rings is 1. The summed E-state index contributed by atoms with van der Waals surface area (Å²) in [5.41, 5.74) is 1.55. The minimum Gasteiger partial charge on any atom is -0.459 e. The van der Waals surface area contributed by atoms with Gasteiger partial charge in [-0.2, -0.15) is 10.2 Å². The van der Waals surface area contributed by atoms with Gasteiger partial charge in [0.15, 0.2) is 5.76 Å². The van der Waals surface area contributed by atoms with Crippen LogP contribution in [0, 0.1) is 23.1 Å². The van der Waals surface area contributed by atoms with Gasteiger partial charge < -0.3 is 18.6 Å². The summed E-state index contributed by atoms with van der Waals surface area (Å²) in [6.07, 6.45) is 4.34. The van der Waals surface area contributed by atoms with E-state index in [4.69, 9.17) is 8.83 Å². The molecule has 1 fully saturated rings. The van der Waals surface area contributed by atoms with Crippen LogP contribution in [0.3, 0.4) is 0 Å². The van der Waals surface area contributed by atoms with Gasteiger partial charge in [0.05, 0.1) is 18.5 Å². The lowest BCUT2D eigenvalue weighted by molar-refractivity contribution is -0.123. The van der Waals surface area contributed by atoms with E-state index in [1.54, 1.807) is 35.4 Å². The summed E-state index contributed by atoms with van der Waals surface area (Å²) in [5, 5.41) is 9.54. The first-order chi connectivity index (χ1) is 17.1. The van der Waals surface area contributed by atoms with E-state index in [2.05, 4.69) is 16.0 Å². The molecule has 0 unspecified atom stereocenters. The van der Waals surface area contributed by atoms with Gasteiger partial charge in [-0.3, -0.25) is 9.78 Å². The predicted molar refractivity (Wildman–Crippen MR) is 126 cm³/mol. The maximum atomic E-state index is 13.6. The van der Waals surface area contributed by atoms with Crippen LogP contribution in [0.5, 0.6) is 0 Å². The molecule has 176 valence electrons. The Balaban J connectivity index is 1.32. The Bertz CT molecular complexity index is 1320. The molecule has 5 rings (SSSR count). The standard InChI is InChI=1S/C26H22FN5O3/c27-19-6-8-21(9-7-19)32(17-20-4-1-2-12-29-20)25(33)18-10-13-31(14-11-18)26-22(16-28)30-24(35-26)23-5-3-15-34-23/h1-9,12,15,18H,10-11,13-14,17H2. The van der Waals surface area contributed by atoms with E-state index in [1.165, 1.54) is 18.4 Å². The van der Waals surface area contributed by atoms with E-state index in [-0.39, 0.29) is 29.2 Å². The lowest BCUT2D eigenvalue weighted by Crippen LogP contribution is -2.42. The number of anilines is 2. The first-order valence-electron chi connectivity index (χ1n) is 11.3. The van der Waals surface area contributed by atoms with Crippen LogP contribution in [0.2, 0.25) is 0 Å². The summed E-state index contributed by atoms with van der Waals surface area (Å²) >= 11 is 0. The van der Waals surface area contributed by atoms with Crippen LogP contribution in [0.15, 0.2) is 75.9 Å².